The Balaban J connectivity index is 1.91. The van der Waals surface area contributed by atoms with E-state index in [9.17, 15) is 0 Å². The first kappa shape index (κ1) is 14.4. The van der Waals surface area contributed by atoms with Crippen LogP contribution in [0, 0.1) is 0 Å². The number of nitrogens with zero attached hydrogens (tertiary/aromatic N) is 3. The summed E-state index contributed by atoms with van der Waals surface area (Å²) in [5.74, 6) is 0.862. The fraction of sp³-hybridized carbons (Fsp3) is 0.462. The number of thiazole rings is 1. The van der Waals surface area contributed by atoms with Crippen LogP contribution in [0.3, 0.4) is 0 Å². The van der Waals surface area contributed by atoms with E-state index in [-0.39, 0.29) is 0 Å². The van der Waals surface area contributed by atoms with Crippen LogP contribution < -0.4 is 11.2 Å². The van der Waals surface area contributed by atoms with Gasteiger partial charge in [0.25, 0.3) is 0 Å². The highest BCUT2D eigenvalue weighted by Gasteiger charge is 2.52. The number of rotatable bonds is 2. The second-order valence-corrected chi connectivity index (χ2v) is 6.71. The molecule has 0 bridgehead atoms. The van der Waals surface area contributed by atoms with Gasteiger partial charge in [-0.25, -0.2) is 15.0 Å². The molecule has 0 spiro atoms. The van der Waals surface area contributed by atoms with Crippen molar-refractivity contribution in [1.82, 2.24) is 15.0 Å². The van der Waals surface area contributed by atoms with Crippen molar-refractivity contribution in [1.29, 1.82) is 0 Å². The van der Waals surface area contributed by atoms with Crippen LogP contribution in [-0.4, -0.2) is 33.3 Å². The maximum Gasteiger partial charge on any atom is 0.500 e. The third kappa shape index (κ3) is 2.43. The third-order valence-electron chi connectivity index (χ3n) is 4.02. The van der Waals surface area contributed by atoms with Crippen LogP contribution in [0.4, 0.5) is 5.82 Å². The van der Waals surface area contributed by atoms with Gasteiger partial charge in [0.1, 0.15) is 11.5 Å². The van der Waals surface area contributed by atoms with Crippen molar-refractivity contribution in [2.45, 2.75) is 38.9 Å². The summed E-state index contributed by atoms with van der Waals surface area (Å²) in [6, 6.07) is 0. The summed E-state index contributed by atoms with van der Waals surface area (Å²) >= 11 is 1.49. The standard InChI is InChI=1S/C13H17BN4O2S/c1-12(2)13(3,4)20-14(19-12)8-5-16-11(18-10(8)15)9-6-21-7-17-9/h5-7H,1-4H3,(H2,15,16,18). The first-order valence-corrected chi connectivity index (χ1v) is 7.61. The smallest absolute Gasteiger partial charge is 0.399 e. The van der Waals surface area contributed by atoms with Crippen molar-refractivity contribution < 1.29 is 9.31 Å². The van der Waals surface area contributed by atoms with E-state index in [0.29, 0.717) is 22.8 Å². The average molecular weight is 304 g/mol. The molecule has 0 aromatic carbocycles. The molecule has 2 aromatic heterocycles. The molecule has 1 aliphatic heterocycles. The quantitative estimate of drug-likeness (QED) is 0.846. The Morgan fingerprint density at radius 2 is 1.81 bits per heavy atom. The van der Waals surface area contributed by atoms with E-state index in [4.69, 9.17) is 15.0 Å². The Labute approximate surface area is 127 Å². The largest absolute Gasteiger partial charge is 0.500 e. The summed E-state index contributed by atoms with van der Waals surface area (Å²) in [6.07, 6.45) is 1.65. The van der Waals surface area contributed by atoms with Crippen LogP contribution in [0.25, 0.3) is 11.5 Å². The van der Waals surface area contributed by atoms with E-state index >= 15 is 0 Å². The number of aromatic nitrogens is 3. The lowest BCUT2D eigenvalue weighted by Crippen LogP contribution is -2.41. The Bertz CT molecular complexity index is 644. The molecule has 6 nitrogen and oxygen atoms in total. The average Bonchev–Trinajstić information content (AvgIpc) is 2.96. The molecule has 2 aromatic rings. The predicted molar refractivity (Wildman–Crippen MR) is 83.3 cm³/mol. The Morgan fingerprint density at radius 3 is 2.33 bits per heavy atom. The third-order valence-corrected chi connectivity index (χ3v) is 4.60. The van der Waals surface area contributed by atoms with Gasteiger partial charge in [0.2, 0.25) is 0 Å². The van der Waals surface area contributed by atoms with Crippen LogP contribution in [-0.2, 0) is 9.31 Å². The van der Waals surface area contributed by atoms with E-state index in [0.717, 1.165) is 0 Å². The molecular formula is C13H17BN4O2S. The molecule has 0 amide bonds. The van der Waals surface area contributed by atoms with Crippen LogP contribution in [0.2, 0.25) is 0 Å². The van der Waals surface area contributed by atoms with Crippen molar-refractivity contribution >= 4 is 29.7 Å². The van der Waals surface area contributed by atoms with Gasteiger partial charge in [-0.3, -0.25) is 0 Å². The molecule has 0 atom stereocenters. The monoisotopic (exact) mass is 304 g/mol. The minimum Gasteiger partial charge on any atom is -0.399 e. The maximum atomic E-state index is 6.05. The summed E-state index contributed by atoms with van der Waals surface area (Å²) < 4.78 is 11.9. The highest BCUT2D eigenvalue weighted by Crippen LogP contribution is 2.36. The molecular weight excluding hydrogens is 287 g/mol. The first-order valence-electron chi connectivity index (χ1n) is 6.67. The lowest BCUT2D eigenvalue weighted by atomic mass is 9.80. The Hall–Kier alpha value is -1.51. The van der Waals surface area contributed by atoms with Gasteiger partial charge < -0.3 is 15.0 Å². The predicted octanol–water partition coefficient (Wildman–Crippen LogP) is 1.48. The van der Waals surface area contributed by atoms with E-state index < -0.39 is 18.3 Å². The van der Waals surface area contributed by atoms with E-state index in [1.807, 2.05) is 33.1 Å². The van der Waals surface area contributed by atoms with E-state index in [2.05, 4.69) is 15.0 Å². The van der Waals surface area contributed by atoms with Crippen molar-refractivity contribution in [2.75, 3.05) is 5.73 Å². The molecule has 1 fully saturated rings. The van der Waals surface area contributed by atoms with Crippen molar-refractivity contribution in [3.05, 3.63) is 17.1 Å². The van der Waals surface area contributed by atoms with Gasteiger partial charge in [0, 0.05) is 17.0 Å². The van der Waals surface area contributed by atoms with Crippen LogP contribution >= 0.6 is 11.3 Å². The Kier molecular flexibility index (Phi) is 3.27. The van der Waals surface area contributed by atoms with Crippen molar-refractivity contribution in [2.24, 2.45) is 0 Å². The van der Waals surface area contributed by atoms with Gasteiger partial charge in [-0.1, -0.05) is 0 Å². The molecule has 0 radical (unpaired) electrons. The summed E-state index contributed by atoms with van der Waals surface area (Å²) in [4.78, 5) is 12.8. The molecule has 21 heavy (non-hydrogen) atoms. The maximum absolute atomic E-state index is 6.05. The summed E-state index contributed by atoms with van der Waals surface area (Å²) in [7, 11) is -0.556. The molecule has 0 saturated carbocycles. The Morgan fingerprint density at radius 1 is 1.14 bits per heavy atom. The molecule has 0 unspecified atom stereocenters. The van der Waals surface area contributed by atoms with Gasteiger partial charge in [-0.2, -0.15) is 0 Å². The zero-order valence-corrected chi connectivity index (χ0v) is 13.3. The summed E-state index contributed by atoms with van der Waals surface area (Å²) in [5, 5.41) is 1.88. The molecule has 1 aliphatic rings. The van der Waals surface area contributed by atoms with Crippen LogP contribution in [0.1, 0.15) is 27.7 Å². The molecule has 110 valence electrons. The lowest BCUT2D eigenvalue weighted by molar-refractivity contribution is 0.00578. The SMILES string of the molecule is CC1(C)OB(c2cnc(-c3cscn3)nc2N)OC1(C)C. The highest BCUT2D eigenvalue weighted by molar-refractivity contribution is 7.07. The van der Waals surface area contributed by atoms with Gasteiger partial charge in [-0.05, 0) is 27.7 Å². The van der Waals surface area contributed by atoms with Crippen molar-refractivity contribution in [3.8, 4) is 11.5 Å². The first-order chi connectivity index (χ1) is 9.80. The number of nitrogens with two attached hydrogens (primary N) is 1. The fourth-order valence-corrected chi connectivity index (χ4v) is 2.53. The van der Waals surface area contributed by atoms with E-state index in [1.54, 1.807) is 11.7 Å². The van der Waals surface area contributed by atoms with Crippen molar-refractivity contribution in [3.63, 3.8) is 0 Å². The second-order valence-electron chi connectivity index (χ2n) is 6.00. The number of nitrogen functional groups attached to an aromatic ring is 1. The minimum absolute atomic E-state index is 0.353. The number of hydrogen-bond acceptors (Lipinski definition) is 7. The minimum atomic E-state index is -0.556. The fourth-order valence-electron chi connectivity index (χ4n) is 2.00. The zero-order valence-electron chi connectivity index (χ0n) is 12.5. The van der Waals surface area contributed by atoms with Gasteiger partial charge in [0.15, 0.2) is 5.82 Å². The normalized spacial score (nSPS) is 19.9. The lowest BCUT2D eigenvalue weighted by Gasteiger charge is -2.32. The topological polar surface area (TPSA) is 83.2 Å². The highest BCUT2D eigenvalue weighted by atomic mass is 32.1. The van der Waals surface area contributed by atoms with Crippen LogP contribution in [0.15, 0.2) is 17.1 Å². The summed E-state index contributed by atoms with van der Waals surface area (Å²) in [5.41, 5.74) is 8.31. The molecule has 8 heteroatoms. The number of anilines is 1. The second kappa shape index (κ2) is 4.76. The van der Waals surface area contributed by atoms with Gasteiger partial charge in [0.05, 0.1) is 16.7 Å². The zero-order chi connectivity index (χ0) is 15.3. The van der Waals surface area contributed by atoms with Crippen LogP contribution in [0.5, 0.6) is 0 Å². The van der Waals surface area contributed by atoms with Gasteiger partial charge >= 0.3 is 7.12 Å². The molecule has 3 heterocycles. The summed E-state index contributed by atoms with van der Waals surface area (Å²) in [6.45, 7) is 7.97. The molecule has 1 saturated heterocycles. The van der Waals surface area contributed by atoms with E-state index in [1.165, 1.54) is 11.3 Å². The van der Waals surface area contributed by atoms with Gasteiger partial charge in [-0.15, -0.1) is 11.3 Å². The molecule has 2 N–H and O–H groups in total. The molecule has 0 aliphatic carbocycles. The molecule has 3 rings (SSSR count). The number of hydrogen-bond donors (Lipinski definition) is 1.